The van der Waals surface area contributed by atoms with Gasteiger partial charge >= 0.3 is 0 Å². The summed E-state index contributed by atoms with van der Waals surface area (Å²) >= 11 is 5.67. The average molecular weight is 229 g/mol. The van der Waals surface area contributed by atoms with Crippen LogP contribution in [0.15, 0.2) is 12.3 Å². The van der Waals surface area contributed by atoms with Crippen LogP contribution in [0.5, 0.6) is 0 Å². The predicted molar refractivity (Wildman–Crippen MR) is 55.7 cm³/mol. The topological polar surface area (TPSA) is 44.2 Å². The fourth-order valence-corrected chi connectivity index (χ4v) is 1.66. The summed E-state index contributed by atoms with van der Waals surface area (Å²) in [4.78, 5) is 7.87. The van der Waals surface area contributed by atoms with Gasteiger partial charge in [0.25, 0.3) is 0 Å². The Bertz CT molecular complexity index is 316. The van der Waals surface area contributed by atoms with E-state index in [1.165, 1.54) is 0 Å². The lowest BCUT2D eigenvalue weighted by atomic mass is 10.1. The Kier molecular flexibility index (Phi) is 3.88. The van der Waals surface area contributed by atoms with Crippen LogP contribution in [0.1, 0.15) is 18.5 Å². The number of nitrogens with zero attached hydrogens (tertiary/aromatic N) is 2. The lowest BCUT2D eigenvalue weighted by Crippen LogP contribution is -2.23. The first-order chi connectivity index (χ1) is 7.34. The summed E-state index contributed by atoms with van der Waals surface area (Å²) in [6.45, 7) is 2.07. The Hall–Kier alpha value is -0.710. The van der Waals surface area contributed by atoms with E-state index in [0.717, 1.165) is 31.7 Å². The minimum Gasteiger partial charge on any atom is -0.381 e. The second kappa shape index (κ2) is 5.39. The van der Waals surface area contributed by atoms with E-state index < -0.39 is 0 Å². The van der Waals surface area contributed by atoms with Gasteiger partial charge in [0.2, 0.25) is 5.28 Å². The number of ether oxygens (including phenoxy) is 2. The first-order valence-corrected chi connectivity index (χ1v) is 5.39. The molecule has 1 aliphatic heterocycles. The van der Waals surface area contributed by atoms with E-state index in [1.807, 2.05) is 6.07 Å². The molecule has 0 spiro atoms. The number of hydrogen-bond donors (Lipinski definition) is 0. The van der Waals surface area contributed by atoms with Gasteiger partial charge in [0, 0.05) is 19.4 Å². The Morgan fingerprint density at radius 2 is 2.27 bits per heavy atom. The van der Waals surface area contributed by atoms with Gasteiger partial charge in [-0.2, -0.15) is 0 Å². The molecule has 82 valence electrons. The normalized spacial score (nSPS) is 17.9. The molecule has 0 bridgehead atoms. The van der Waals surface area contributed by atoms with Crippen LogP contribution in [-0.4, -0.2) is 29.3 Å². The highest BCUT2D eigenvalue weighted by Gasteiger charge is 2.14. The molecule has 1 aromatic rings. The van der Waals surface area contributed by atoms with Crippen molar-refractivity contribution >= 4 is 11.6 Å². The summed E-state index contributed by atoms with van der Waals surface area (Å²) in [5, 5.41) is 0.267. The van der Waals surface area contributed by atoms with Gasteiger partial charge in [-0.15, -0.1) is 0 Å². The standard InChI is InChI=1S/C10H13ClN2O2/c11-10-12-4-1-8(13-10)7-15-9-2-5-14-6-3-9/h1,4,9H,2-3,5-7H2. The monoisotopic (exact) mass is 228 g/mol. The Balaban J connectivity index is 1.81. The third kappa shape index (κ3) is 3.41. The minimum atomic E-state index is 0.267. The minimum absolute atomic E-state index is 0.267. The van der Waals surface area contributed by atoms with Crippen molar-refractivity contribution in [1.29, 1.82) is 0 Å². The number of aromatic nitrogens is 2. The Labute approximate surface area is 93.6 Å². The molecule has 0 amide bonds. The van der Waals surface area contributed by atoms with Crippen molar-refractivity contribution < 1.29 is 9.47 Å². The molecule has 1 aromatic heterocycles. The zero-order valence-corrected chi connectivity index (χ0v) is 9.11. The van der Waals surface area contributed by atoms with Crippen LogP contribution >= 0.6 is 11.6 Å². The molecule has 1 fully saturated rings. The SMILES string of the molecule is Clc1nccc(COC2CCOCC2)n1. The lowest BCUT2D eigenvalue weighted by molar-refractivity contribution is -0.0399. The van der Waals surface area contributed by atoms with Crippen LogP contribution < -0.4 is 0 Å². The molecule has 0 saturated carbocycles. The van der Waals surface area contributed by atoms with Crippen molar-refractivity contribution in [1.82, 2.24) is 9.97 Å². The second-order valence-corrected chi connectivity index (χ2v) is 3.78. The van der Waals surface area contributed by atoms with Crippen LogP contribution in [-0.2, 0) is 16.1 Å². The molecule has 0 aliphatic carbocycles. The molecule has 2 heterocycles. The highest BCUT2D eigenvalue weighted by Crippen LogP contribution is 2.12. The summed E-state index contributed by atoms with van der Waals surface area (Å²) in [6, 6.07) is 1.81. The predicted octanol–water partition coefficient (Wildman–Crippen LogP) is 1.83. The average Bonchev–Trinajstić information content (AvgIpc) is 2.28. The fourth-order valence-electron chi connectivity index (χ4n) is 1.50. The van der Waals surface area contributed by atoms with Gasteiger partial charge in [0.1, 0.15) is 0 Å². The van der Waals surface area contributed by atoms with Crippen molar-refractivity contribution in [2.45, 2.75) is 25.6 Å². The fraction of sp³-hybridized carbons (Fsp3) is 0.600. The van der Waals surface area contributed by atoms with E-state index in [-0.39, 0.29) is 11.4 Å². The van der Waals surface area contributed by atoms with Crippen molar-refractivity contribution in [3.8, 4) is 0 Å². The quantitative estimate of drug-likeness (QED) is 0.741. The summed E-state index contributed by atoms with van der Waals surface area (Å²) in [5.41, 5.74) is 0.821. The maximum atomic E-state index is 5.70. The van der Waals surface area contributed by atoms with Gasteiger partial charge in [-0.05, 0) is 30.5 Å². The smallest absolute Gasteiger partial charge is 0.222 e. The van der Waals surface area contributed by atoms with Crippen LogP contribution in [0.2, 0.25) is 5.28 Å². The van der Waals surface area contributed by atoms with Crippen LogP contribution in [0.25, 0.3) is 0 Å². The largest absolute Gasteiger partial charge is 0.381 e. The summed E-state index contributed by atoms with van der Waals surface area (Å²) < 4.78 is 10.9. The molecule has 15 heavy (non-hydrogen) atoms. The van der Waals surface area contributed by atoms with Crippen LogP contribution in [0, 0.1) is 0 Å². The maximum absolute atomic E-state index is 5.70. The molecule has 2 rings (SSSR count). The highest BCUT2D eigenvalue weighted by atomic mass is 35.5. The zero-order valence-electron chi connectivity index (χ0n) is 8.36. The lowest BCUT2D eigenvalue weighted by Gasteiger charge is -2.22. The summed E-state index contributed by atoms with van der Waals surface area (Å²) in [5.74, 6) is 0. The summed E-state index contributed by atoms with van der Waals surface area (Å²) in [7, 11) is 0. The van der Waals surface area contributed by atoms with Crippen LogP contribution in [0.4, 0.5) is 0 Å². The third-order valence-electron chi connectivity index (χ3n) is 2.32. The zero-order chi connectivity index (χ0) is 10.5. The van der Waals surface area contributed by atoms with Gasteiger partial charge in [-0.3, -0.25) is 0 Å². The number of halogens is 1. The molecule has 0 N–H and O–H groups in total. The molecule has 0 aromatic carbocycles. The van der Waals surface area contributed by atoms with Gasteiger partial charge in [-0.1, -0.05) is 0 Å². The Morgan fingerprint density at radius 1 is 1.47 bits per heavy atom. The number of hydrogen-bond acceptors (Lipinski definition) is 4. The van der Waals surface area contributed by atoms with Crippen molar-refractivity contribution in [2.24, 2.45) is 0 Å². The molecule has 0 unspecified atom stereocenters. The first-order valence-electron chi connectivity index (χ1n) is 5.01. The molecular weight excluding hydrogens is 216 g/mol. The van der Waals surface area contributed by atoms with E-state index in [4.69, 9.17) is 21.1 Å². The highest BCUT2D eigenvalue weighted by molar-refractivity contribution is 6.28. The van der Waals surface area contributed by atoms with E-state index in [1.54, 1.807) is 6.20 Å². The first kappa shape index (κ1) is 10.8. The Morgan fingerprint density at radius 3 is 3.00 bits per heavy atom. The molecule has 0 radical (unpaired) electrons. The molecular formula is C10H13ClN2O2. The van der Waals surface area contributed by atoms with Crippen LogP contribution in [0.3, 0.4) is 0 Å². The summed E-state index contributed by atoms with van der Waals surface area (Å²) in [6.07, 6.45) is 3.84. The van der Waals surface area contributed by atoms with Crippen molar-refractivity contribution in [3.63, 3.8) is 0 Å². The van der Waals surface area contributed by atoms with Crippen molar-refractivity contribution in [2.75, 3.05) is 13.2 Å². The molecule has 1 saturated heterocycles. The van der Waals surface area contributed by atoms with E-state index >= 15 is 0 Å². The van der Waals surface area contributed by atoms with Crippen molar-refractivity contribution in [3.05, 3.63) is 23.2 Å². The van der Waals surface area contributed by atoms with E-state index in [2.05, 4.69) is 9.97 Å². The molecule has 0 atom stereocenters. The molecule has 5 heteroatoms. The second-order valence-electron chi connectivity index (χ2n) is 3.44. The van der Waals surface area contributed by atoms with E-state index in [0.29, 0.717) is 6.61 Å². The third-order valence-corrected chi connectivity index (χ3v) is 2.50. The number of rotatable bonds is 3. The molecule has 4 nitrogen and oxygen atoms in total. The van der Waals surface area contributed by atoms with Gasteiger partial charge in [0.15, 0.2) is 0 Å². The maximum Gasteiger partial charge on any atom is 0.222 e. The molecule has 1 aliphatic rings. The van der Waals surface area contributed by atoms with Gasteiger partial charge < -0.3 is 9.47 Å². The van der Waals surface area contributed by atoms with Gasteiger partial charge in [0.05, 0.1) is 18.4 Å². The van der Waals surface area contributed by atoms with Gasteiger partial charge in [-0.25, -0.2) is 9.97 Å². The van der Waals surface area contributed by atoms with E-state index in [9.17, 15) is 0 Å².